The third-order valence-corrected chi connectivity index (χ3v) is 3.48. The van der Waals surface area contributed by atoms with Gasteiger partial charge in [0, 0.05) is 12.6 Å². The van der Waals surface area contributed by atoms with Gasteiger partial charge in [-0.3, -0.25) is 4.79 Å². The van der Waals surface area contributed by atoms with Crippen LogP contribution in [0.5, 0.6) is 0 Å². The van der Waals surface area contributed by atoms with E-state index in [1.165, 1.54) is 12.1 Å². The van der Waals surface area contributed by atoms with Crippen LogP contribution < -0.4 is 11.1 Å². The summed E-state index contributed by atoms with van der Waals surface area (Å²) in [5.74, 6) is -0.926. The van der Waals surface area contributed by atoms with Gasteiger partial charge >= 0.3 is 0 Å². The van der Waals surface area contributed by atoms with Crippen LogP contribution in [0.25, 0.3) is 11.1 Å². The number of aryl methyl sites for hydroxylation is 1. The standard InChI is InChI=1S/C18H21FN2O.ClH/c1-12-3-5-14(6-4-12)15-7-8-16(17(19)11-15)18(22)21-10-9-13(2)20;/h3-8,11,13H,9-10,20H2,1-2H3,(H,21,22);1H. The Hall–Kier alpha value is -1.91. The van der Waals surface area contributed by atoms with E-state index in [4.69, 9.17) is 5.73 Å². The Balaban J connectivity index is 0.00000264. The van der Waals surface area contributed by atoms with Gasteiger partial charge in [0.15, 0.2) is 0 Å². The molecule has 1 atom stereocenters. The summed E-state index contributed by atoms with van der Waals surface area (Å²) < 4.78 is 14.2. The summed E-state index contributed by atoms with van der Waals surface area (Å²) in [6, 6.07) is 12.5. The largest absolute Gasteiger partial charge is 0.352 e. The van der Waals surface area contributed by atoms with Crippen molar-refractivity contribution in [2.24, 2.45) is 5.73 Å². The zero-order chi connectivity index (χ0) is 16.1. The molecule has 0 aliphatic heterocycles. The molecule has 2 rings (SSSR count). The predicted octanol–water partition coefficient (Wildman–Crippen LogP) is 3.69. The molecule has 23 heavy (non-hydrogen) atoms. The summed E-state index contributed by atoms with van der Waals surface area (Å²) in [4.78, 5) is 11.9. The van der Waals surface area contributed by atoms with E-state index in [9.17, 15) is 9.18 Å². The van der Waals surface area contributed by atoms with Crippen molar-refractivity contribution in [2.75, 3.05) is 6.54 Å². The Kier molecular flexibility index (Phi) is 7.20. The molecule has 2 aromatic rings. The molecule has 1 amide bonds. The first-order valence-electron chi connectivity index (χ1n) is 7.37. The van der Waals surface area contributed by atoms with Gasteiger partial charge in [-0.15, -0.1) is 12.4 Å². The summed E-state index contributed by atoms with van der Waals surface area (Å²) >= 11 is 0. The molecule has 0 heterocycles. The molecule has 3 N–H and O–H groups in total. The normalized spacial score (nSPS) is 11.5. The molecule has 124 valence electrons. The van der Waals surface area contributed by atoms with E-state index in [0.29, 0.717) is 13.0 Å². The van der Waals surface area contributed by atoms with Gasteiger partial charge in [-0.25, -0.2) is 4.39 Å². The van der Waals surface area contributed by atoms with Crippen LogP contribution in [-0.4, -0.2) is 18.5 Å². The van der Waals surface area contributed by atoms with Crippen LogP contribution in [-0.2, 0) is 0 Å². The van der Waals surface area contributed by atoms with Crippen molar-refractivity contribution < 1.29 is 9.18 Å². The van der Waals surface area contributed by atoms with Crippen molar-refractivity contribution in [1.82, 2.24) is 5.32 Å². The number of benzene rings is 2. The van der Waals surface area contributed by atoms with E-state index < -0.39 is 11.7 Å². The van der Waals surface area contributed by atoms with E-state index in [1.807, 2.05) is 38.1 Å². The minimum Gasteiger partial charge on any atom is -0.352 e. The van der Waals surface area contributed by atoms with Crippen molar-refractivity contribution in [3.8, 4) is 11.1 Å². The predicted molar refractivity (Wildman–Crippen MR) is 94.4 cm³/mol. The Labute approximate surface area is 142 Å². The number of amides is 1. The number of carbonyl (C=O) groups is 1. The lowest BCUT2D eigenvalue weighted by molar-refractivity contribution is 0.0949. The van der Waals surface area contributed by atoms with Gasteiger partial charge in [-0.2, -0.15) is 0 Å². The van der Waals surface area contributed by atoms with Crippen molar-refractivity contribution >= 4 is 18.3 Å². The Morgan fingerprint density at radius 1 is 1.17 bits per heavy atom. The van der Waals surface area contributed by atoms with Gasteiger partial charge in [0.25, 0.3) is 5.91 Å². The zero-order valence-corrected chi connectivity index (χ0v) is 14.1. The molecule has 2 aromatic carbocycles. The summed E-state index contributed by atoms with van der Waals surface area (Å²) in [5, 5.41) is 2.68. The molecule has 0 saturated heterocycles. The van der Waals surface area contributed by atoms with Crippen molar-refractivity contribution in [3.05, 3.63) is 59.4 Å². The molecule has 0 aromatic heterocycles. The van der Waals surface area contributed by atoms with Crippen molar-refractivity contribution in [1.29, 1.82) is 0 Å². The van der Waals surface area contributed by atoms with E-state index in [0.717, 1.165) is 16.7 Å². The molecule has 5 heteroatoms. The number of hydrogen-bond donors (Lipinski definition) is 2. The minimum atomic E-state index is -0.517. The topological polar surface area (TPSA) is 55.1 Å². The van der Waals surface area contributed by atoms with Gasteiger partial charge < -0.3 is 11.1 Å². The van der Waals surface area contributed by atoms with Crippen LogP contribution in [0.1, 0.15) is 29.3 Å². The fraction of sp³-hybridized carbons (Fsp3) is 0.278. The molecule has 1 unspecified atom stereocenters. The second kappa shape index (κ2) is 8.65. The highest BCUT2D eigenvalue weighted by atomic mass is 35.5. The molecule has 0 aliphatic rings. The van der Waals surface area contributed by atoms with Gasteiger partial charge in [0.05, 0.1) is 5.56 Å². The first-order valence-corrected chi connectivity index (χ1v) is 7.37. The van der Waals surface area contributed by atoms with Crippen LogP contribution in [0, 0.1) is 12.7 Å². The van der Waals surface area contributed by atoms with E-state index in [1.54, 1.807) is 6.07 Å². The van der Waals surface area contributed by atoms with Crippen LogP contribution in [0.4, 0.5) is 4.39 Å². The molecular formula is C18H22ClFN2O. The van der Waals surface area contributed by atoms with Crippen molar-refractivity contribution in [2.45, 2.75) is 26.3 Å². The van der Waals surface area contributed by atoms with Crippen LogP contribution in [0.2, 0.25) is 0 Å². The lowest BCUT2D eigenvalue weighted by Crippen LogP contribution is -2.29. The molecule has 0 aliphatic carbocycles. The summed E-state index contributed by atoms with van der Waals surface area (Å²) in [6.45, 7) is 4.30. The lowest BCUT2D eigenvalue weighted by Gasteiger charge is -2.09. The maximum Gasteiger partial charge on any atom is 0.254 e. The average Bonchev–Trinajstić information content (AvgIpc) is 2.47. The average molecular weight is 337 g/mol. The maximum absolute atomic E-state index is 14.2. The fourth-order valence-electron chi connectivity index (χ4n) is 2.13. The Morgan fingerprint density at radius 2 is 1.78 bits per heavy atom. The summed E-state index contributed by atoms with van der Waals surface area (Å²) in [5.41, 5.74) is 8.50. The third kappa shape index (κ3) is 5.34. The molecule has 0 bridgehead atoms. The number of rotatable bonds is 5. The molecule has 0 fully saturated rings. The fourth-order valence-corrected chi connectivity index (χ4v) is 2.13. The van der Waals surface area contributed by atoms with Crippen LogP contribution in [0.15, 0.2) is 42.5 Å². The quantitative estimate of drug-likeness (QED) is 0.875. The van der Waals surface area contributed by atoms with Gasteiger partial charge in [0.1, 0.15) is 5.82 Å². The SMILES string of the molecule is Cc1ccc(-c2ccc(C(=O)NCCC(C)N)c(F)c2)cc1.Cl. The smallest absolute Gasteiger partial charge is 0.254 e. The number of nitrogens with two attached hydrogens (primary N) is 1. The summed E-state index contributed by atoms with van der Waals surface area (Å²) in [6.07, 6.45) is 0.662. The van der Waals surface area contributed by atoms with Gasteiger partial charge in [0.2, 0.25) is 0 Å². The maximum atomic E-state index is 14.2. The van der Waals surface area contributed by atoms with Gasteiger partial charge in [-0.1, -0.05) is 35.9 Å². The Morgan fingerprint density at radius 3 is 2.35 bits per heavy atom. The van der Waals surface area contributed by atoms with Crippen LogP contribution in [0.3, 0.4) is 0 Å². The molecule has 0 saturated carbocycles. The highest BCUT2D eigenvalue weighted by molar-refractivity contribution is 5.95. The minimum absolute atomic E-state index is 0. The number of nitrogens with one attached hydrogen (secondary N) is 1. The first kappa shape index (κ1) is 19.1. The zero-order valence-electron chi connectivity index (χ0n) is 13.3. The van der Waals surface area contributed by atoms with Crippen molar-refractivity contribution in [3.63, 3.8) is 0 Å². The van der Waals surface area contributed by atoms with E-state index in [2.05, 4.69) is 5.32 Å². The highest BCUT2D eigenvalue weighted by Crippen LogP contribution is 2.22. The summed E-state index contributed by atoms with van der Waals surface area (Å²) in [7, 11) is 0. The van der Waals surface area contributed by atoms with Gasteiger partial charge in [-0.05, 0) is 43.5 Å². The molecule has 0 spiro atoms. The number of carbonyl (C=O) groups excluding carboxylic acids is 1. The third-order valence-electron chi connectivity index (χ3n) is 3.48. The molecular weight excluding hydrogens is 315 g/mol. The monoisotopic (exact) mass is 336 g/mol. The Bertz CT molecular complexity index is 657. The number of halogens is 2. The van der Waals surface area contributed by atoms with E-state index >= 15 is 0 Å². The second-order valence-corrected chi connectivity index (χ2v) is 5.58. The first-order chi connectivity index (χ1) is 10.5. The molecule has 3 nitrogen and oxygen atoms in total. The second-order valence-electron chi connectivity index (χ2n) is 5.58. The van der Waals surface area contributed by atoms with E-state index in [-0.39, 0.29) is 24.0 Å². The lowest BCUT2D eigenvalue weighted by atomic mass is 10.0. The number of hydrogen-bond acceptors (Lipinski definition) is 2. The van der Waals surface area contributed by atoms with Crippen LogP contribution >= 0.6 is 12.4 Å². The highest BCUT2D eigenvalue weighted by Gasteiger charge is 2.12. The molecule has 0 radical (unpaired) electrons.